The molecule has 2 N–H and O–H groups in total. The van der Waals surface area contributed by atoms with Gasteiger partial charge in [0.25, 0.3) is 5.91 Å². The van der Waals surface area contributed by atoms with Crippen LogP contribution in [0.1, 0.15) is 22.8 Å². The standard InChI is InChI=1S/C24H23N3O2/c1-17-15-18-9-5-8-14-22(18)27(17)16-23(28)26-21-13-7-6-12-20(21)24(29)25-19-10-3-2-4-11-19/h2-14,17H,15-16H2,1H3,(H,25,29)(H,26,28). The Hall–Kier alpha value is -3.60. The molecule has 0 saturated heterocycles. The Morgan fingerprint density at radius 2 is 1.59 bits per heavy atom. The Balaban J connectivity index is 1.47. The number of carbonyl (C=O) groups excluding carboxylic acids is 2. The molecule has 5 nitrogen and oxygen atoms in total. The normalized spacial score (nSPS) is 14.9. The van der Waals surface area contributed by atoms with E-state index < -0.39 is 0 Å². The molecule has 2 amide bonds. The van der Waals surface area contributed by atoms with Crippen molar-refractivity contribution in [2.75, 3.05) is 22.1 Å². The number of hydrogen-bond acceptors (Lipinski definition) is 3. The van der Waals surface area contributed by atoms with Gasteiger partial charge in [-0.1, -0.05) is 48.5 Å². The zero-order chi connectivity index (χ0) is 20.2. The molecule has 146 valence electrons. The fourth-order valence-electron chi connectivity index (χ4n) is 3.73. The van der Waals surface area contributed by atoms with Crippen LogP contribution in [0, 0.1) is 0 Å². The molecule has 1 aliphatic heterocycles. The van der Waals surface area contributed by atoms with E-state index in [1.165, 1.54) is 5.56 Å². The zero-order valence-electron chi connectivity index (χ0n) is 16.3. The van der Waals surface area contributed by atoms with Crippen LogP contribution in [0.25, 0.3) is 0 Å². The van der Waals surface area contributed by atoms with Crippen molar-refractivity contribution in [1.82, 2.24) is 0 Å². The van der Waals surface area contributed by atoms with Crippen molar-refractivity contribution in [3.05, 3.63) is 90.0 Å². The predicted molar refractivity (Wildman–Crippen MR) is 116 cm³/mol. The number of para-hydroxylation sites is 3. The maximum Gasteiger partial charge on any atom is 0.257 e. The molecule has 1 unspecified atom stereocenters. The minimum atomic E-state index is -0.257. The van der Waals surface area contributed by atoms with Crippen molar-refractivity contribution in [3.8, 4) is 0 Å². The number of nitrogens with one attached hydrogen (secondary N) is 2. The summed E-state index contributed by atoms with van der Waals surface area (Å²) in [5, 5.41) is 5.78. The van der Waals surface area contributed by atoms with Crippen LogP contribution in [-0.2, 0) is 11.2 Å². The van der Waals surface area contributed by atoms with Gasteiger partial charge in [-0.05, 0) is 49.2 Å². The average molecular weight is 385 g/mol. The van der Waals surface area contributed by atoms with Crippen LogP contribution < -0.4 is 15.5 Å². The van der Waals surface area contributed by atoms with Gasteiger partial charge in [0.15, 0.2) is 0 Å². The van der Waals surface area contributed by atoms with Gasteiger partial charge < -0.3 is 15.5 Å². The fourth-order valence-corrected chi connectivity index (χ4v) is 3.73. The van der Waals surface area contributed by atoms with Gasteiger partial charge in [-0.15, -0.1) is 0 Å². The Kier molecular flexibility index (Phi) is 5.29. The summed E-state index contributed by atoms with van der Waals surface area (Å²) >= 11 is 0. The molecule has 0 bridgehead atoms. The summed E-state index contributed by atoms with van der Waals surface area (Å²) in [6, 6.07) is 24.7. The molecular weight excluding hydrogens is 362 g/mol. The number of rotatable bonds is 5. The molecule has 0 aromatic heterocycles. The second-order valence-corrected chi connectivity index (χ2v) is 7.22. The monoisotopic (exact) mass is 385 g/mol. The van der Waals surface area contributed by atoms with Crippen LogP contribution >= 0.6 is 0 Å². The molecule has 4 rings (SSSR count). The molecule has 0 saturated carbocycles. The van der Waals surface area contributed by atoms with Crippen molar-refractivity contribution >= 4 is 28.9 Å². The van der Waals surface area contributed by atoms with Gasteiger partial charge >= 0.3 is 0 Å². The number of fused-ring (bicyclic) bond motifs is 1. The fraction of sp³-hybridized carbons (Fsp3) is 0.167. The Bertz CT molecular complexity index is 1030. The van der Waals surface area contributed by atoms with E-state index in [1.54, 1.807) is 18.2 Å². The van der Waals surface area contributed by atoms with E-state index in [2.05, 4.69) is 28.5 Å². The first-order chi connectivity index (χ1) is 14.1. The van der Waals surface area contributed by atoms with Crippen LogP contribution in [-0.4, -0.2) is 24.4 Å². The van der Waals surface area contributed by atoms with Crippen molar-refractivity contribution in [1.29, 1.82) is 0 Å². The molecule has 29 heavy (non-hydrogen) atoms. The third kappa shape index (κ3) is 4.14. The van der Waals surface area contributed by atoms with Gasteiger partial charge in [-0.25, -0.2) is 0 Å². The predicted octanol–water partition coefficient (Wildman–Crippen LogP) is 4.33. The van der Waals surface area contributed by atoms with Gasteiger partial charge in [0.05, 0.1) is 17.8 Å². The van der Waals surface area contributed by atoms with E-state index >= 15 is 0 Å². The third-order valence-corrected chi connectivity index (χ3v) is 5.14. The highest BCUT2D eigenvalue weighted by Gasteiger charge is 2.27. The number of hydrogen-bond donors (Lipinski definition) is 2. The molecule has 5 heteroatoms. The maximum absolute atomic E-state index is 12.8. The lowest BCUT2D eigenvalue weighted by Gasteiger charge is -2.24. The number of benzene rings is 3. The SMILES string of the molecule is CC1Cc2ccccc2N1CC(=O)Nc1ccccc1C(=O)Nc1ccccc1. The highest BCUT2D eigenvalue weighted by molar-refractivity contribution is 6.10. The molecule has 3 aromatic rings. The van der Waals surface area contributed by atoms with Crippen molar-refractivity contribution in [2.24, 2.45) is 0 Å². The maximum atomic E-state index is 12.8. The van der Waals surface area contributed by atoms with E-state index in [4.69, 9.17) is 0 Å². The Morgan fingerprint density at radius 1 is 0.897 bits per heavy atom. The summed E-state index contributed by atoms with van der Waals surface area (Å²) in [4.78, 5) is 27.6. The van der Waals surface area contributed by atoms with Crippen LogP contribution in [0.4, 0.5) is 17.1 Å². The first kappa shape index (κ1) is 18.7. The largest absolute Gasteiger partial charge is 0.359 e. The van der Waals surface area contributed by atoms with Crippen LogP contribution in [0.3, 0.4) is 0 Å². The van der Waals surface area contributed by atoms with Crippen LogP contribution in [0.5, 0.6) is 0 Å². The number of carbonyl (C=O) groups is 2. The van der Waals surface area contributed by atoms with Gasteiger partial charge in [-0.2, -0.15) is 0 Å². The Morgan fingerprint density at radius 3 is 2.41 bits per heavy atom. The number of amides is 2. The van der Waals surface area contributed by atoms with Crippen molar-refractivity contribution in [2.45, 2.75) is 19.4 Å². The molecule has 0 fully saturated rings. The molecule has 3 aromatic carbocycles. The summed E-state index contributed by atoms with van der Waals surface area (Å²) in [5.41, 5.74) is 4.01. The van der Waals surface area contributed by atoms with Crippen LogP contribution in [0.2, 0.25) is 0 Å². The highest BCUT2D eigenvalue weighted by atomic mass is 16.2. The first-order valence-electron chi connectivity index (χ1n) is 9.71. The smallest absolute Gasteiger partial charge is 0.257 e. The molecule has 0 aliphatic carbocycles. The number of anilines is 3. The minimum absolute atomic E-state index is 0.145. The molecule has 1 heterocycles. The second-order valence-electron chi connectivity index (χ2n) is 7.22. The Labute approximate surface area is 170 Å². The topological polar surface area (TPSA) is 61.4 Å². The zero-order valence-corrected chi connectivity index (χ0v) is 16.3. The molecule has 1 atom stereocenters. The van der Waals surface area contributed by atoms with E-state index in [0.717, 1.165) is 12.1 Å². The van der Waals surface area contributed by atoms with Gasteiger partial charge in [0.1, 0.15) is 0 Å². The lowest BCUT2D eigenvalue weighted by Crippen LogP contribution is -2.37. The minimum Gasteiger partial charge on any atom is -0.359 e. The van der Waals surface area contributed by atoms with Crippen LogP contribution in [0.15, 0.2) is 78.9 Å². The summed E-state index contributed by atoms with van der Waals surface area (Å²) in [5.74, 6) is -0.402. The average Bonchev–Trinajstić information content (AvgIpc) is 3.04. The quantitative estimate of drug-likeness (QED) is 0.687. The lowest BCUT2D eigenvalue weighted by molar-refractivity contribution is -0.115. The van der Waals surface area contributed by atoms with E-state index in [0.29, 0.717) is 16.9 Å². The first-order valence-corrected chi connectivity index (χ1v) is 9.71. The third-order valence-electron chi connectivity index (χ3n) is 5.14. The van der Waals surface area contributed by atoms with E-state index in [1.807, 2.05) is 54.6 Å². The molecule has 0 radical (unpaired) electrons. The van der Waals surface area contributed by atoms with Gasteiger partial charge in [0.2, 0.25) is 5.91 Å². The van der Waals surface area contributed by atoms with Crippen molar-refractivity contribution < 1.29 is 9.59 Å². The van der Waals surface area contributed by atoms with E-state index in [9.17, 15) is 9.59 Å². The second kappa shape index (κ2) is 8.19. The molecule has 0 spiro atoms. The van der Waals surface area contributed by atoms with E-state index in [-0.39, 0.29) is 24.4 Å². The van der Waals surface area contributed by atoms with Gasteiger partial charge in [-0.3, -0.25) is 9.59 Å². The molecule has 1 aliphatic rings. The van der Waals surface area contributed by atoms with Crippen molar-refractivity contribution in [3.63, 3.8) is 0 Å². The molecular formula is C24H23N3O2. The number of nitrogens with zero attached hydrogens (tertiary/aromatic N) is 1. The summed E-state index contributed by atoms with van der Waals surface area (Å²) < 4.78 is 0. The summed E-state index contributed by atoms with van der Waals surface area (Å²) in [7, 11) is 0. The highest BCUT2D eigenvalue weighted by Crippen LogP contribution is 2.31. The summed E-state index contributed by atoms with van der Waals surface area (Å²) in [6.07, 6.45) is 0.930. The summed E-state index contributed by atoms with van der Waals surface area (Å²) in [6.45, 7) is 2.36. The van der Waals surface area contributed by atoms with Gasteiger partial charge in [0, 0.05) is 17.4 Å². The lowest BCUT2D eigenvalue weighted by atomic mass is 10.1.